The number of anilines is 1. The number of rotatable bonds is 2. The molecule has 0 atom stereocenters. The number of hydrogen-bond donors (Lipinski definition) is 0. The Morgan fingerprint density at radius 2 is 2.00 bits per heavy atom. The molecule has 1 aliphatic rings. The number of piperidine rings is 1. The summed E-state index contributed by atoms with van der Waals surface area (Å²) in [6.07, 6.45) is 3.28. The second kappa shape index (κ2) is 4.73. The van der Waals surface area contributed by atoms with E-state index in [-0.39, 0.29) is 10.6 Å². The lowest BCUT2D eigenvalue weighted by Gasteiger charge is -2.27. The zero-order chi connectivity index (χ0) is 14.3. The van der Waals surface area contributed by atoms with Gasteiger partial charge in [-0.15, -0.1) is 0 Å². The molecule has 0 saturated carbocycles. The quantitative estimate of drug-likeness (QED) is 0.620. The van der Waals surface area contributed by atoms with Gasteiger partial charge in [-0.3, -0.25) is 14.8 Å². The van der Waals surface area contributed by atoms with Crippen molar-refractivity contribution in [2.75, 3.05) is 18.0 Å². The van der Waals surface area contributed by atoms with Crippen molar-refractivity contribution in [1.82, 2.24) is 14.8 Å². The predicted octanol–water partition coefficient (Wildman–Crippen LogP) is 2.18. The topological polar surface area (TPSA) is 77.1 Å². The maximum Gasteiger partial charge on any atom is 0.312 e. The van der Waals surface area contributed by atoms with Crippen molar-refractivity contribution in [2.24, 2.45) is 7.05 Å². The van der Waals surface area contributed by atoms with E-state index < -0.39 is 0 Å². The van der Waals surface area contributed by atoms with Gasteiger partial charge in [-0.1, -0.05) is 0 Å². The van der Waals surface area contributed by atoms with Crippen molar-refractivity contribution >= 4 is 22.5 Å². The summed E-state index contributed by atoms with van der Waals surface area (Å²) >= 11 is 0. The molecule has 0 aliphatic carbocycles. The van der Waals surface area contributed by atoms with Gasteiger partial charge in [0.05, 0.1) is 4.92 Å². The maximum absolute atomic E-state index is 11.3. The van der Waals surface area contributed by atoms with Crippen LogP contribution in [0, 0.1) is 17.0 Å². The molecule has 1 aliphatic heterocycles. The summed E-state index contributed by atoms with van der Waals surface area (Å²) in [5, 5.41) is 16.4. The largest absolute Gasteiger partial charge is 0.351 e. The first-order valence-electron chi connectivity index (χ1n) is 6.81. The Labute approximate surface area is 116 Å². The van der Waals surface area contributed by atoms with Crippen LogP contribution in [0.3, 0.4) is 0 Å². The number of nitrogens with zero attached hydrogens (tertiary/aromatic N) is 5. The Kier molecular flexibility index (Phi) is 3.04. The van der Waals surface area contributed by atoms with E-state index in [9.17, 15) is 10.1 Å². The van der Waals surface area contributed by atoms with Crippen molar-refractivity contribution in [3.05, 3.63) is 21.9 Å². The van der Waals surface area contributed by atoms with Crippen LogP contribution in [0.5, 0.6) is 0 Å². The van der Waals surface area contributed by atoms with E-state index in [1.807, 2.05) is 18.9 Å². The van der Waals surface area contributed by atoms with Crippen molar-refractivity contribution in [1.29, 1.82) is 0 Å². The minimum atomic E-state index is -0.344. The van der Waals surface area contributed by atoms with Gasteiger partial charge in [-0.25, -0.2) is 4.98 Å². The molecular weight excluding hydrogens is 258 g/mol. The van der Waals surface area contributed by atoms with Gasteiger partial charge in [0.1, 0.15) is 0 Å². The standard InChI is InChI=1S/C13H17N5O2/c1-9-10-8-11(18(19)20)13(14-12(10)15-16(9)2)17-6-4-3-5-7-17/h8H,3-7H2,1-2H3. The molecule has 106 valence electrons. The van der Waals surface area contributed by atoms with E-state index >= 15 is 0 Å². The summed E-state index contributed by atoms with van der Waals surface area (Å²) in [5.74, 6) is 0.459. The molecule has 20 heavy (non-hydrogen) atoms. The zero-order valence-corrected chi connectivity index (χ0v) is 11.7. The summed E-state index contributed by atoms with van der Waals surface area (Å²) in [5.41, 5.74) is 1.55. The number of fused-ring (bicyclic) bond motifs is 1. The summed E-state index contributed by atoms with van der Waals surface area (Å²) in [4.78, 5) is 17.5. The van der Waals surface area contributed by atoms with Gasteiger partial charge in [0.25, 0.3) is 0 Å². The first-order valence-corrected chi connectivity index (χ1v) is 6.81. The van der Waals surface area contributed by atoms with E-state index in [1.165, 1.54) is 6.42 Å². The lowest BCUT2D eigenvalue weighted by Crippen LogP contribution is -2.30. The van der Waals surface area contributed by atoms with E-state index in [2.05, 4.69) is 10.1 Å². The summed E-state index contributed by atoms with van der Waals surface area (Å²) in [6, 6.07) is 1.61. The number of aromatic nitrogens is 3. The SMILES string of the molecule is Cc1c2cc([N+](=O)[O-])c(N3CCCCC3)nc2nn1C. The van der Waals surface area contributed by atoms with Crippen LogP contribution < -0.4 is 4.90 Å². The van der Waals surface area contributed by atoms with Crippen LogP contribution in [-0.2, 0) is 7.05 Å². The number of hydrogen-bond acceptors (Lipinski definition) is 5. The highest BCUT2D eigenvalue weighted by Gasteiger charge is 2.25. The van der Waals surface area contributed by atoms with Crippen molar-refractivity contribution in [3.63, 3.8) is 0 Å². The lowest BCUT2D eigenvalue weighted by atomic mass is 10.1. The van der Waals surface area contributed by atoms with Gasteiger partial charge in [-0.2, -0.15) is 5.10 Å². The Hall–Kier alpha value is -2.18. The molecule has 3 rings (SSSR count). The van der Waals surface area contributed by atoms with Crippen molar-refractivity contribution < 1.29 is 4.92 Å². The van der Waals surface area contributed by atoms with Crippen LogP contribution in [0.1, 0.15) is 25.0 Å². The Bertz CT molecular complexity index is 673. The fourth-order valence-corrected chi connectivity index (χ4v) is 2.69. The zero-order valence-electron chi connectivity index (χ0n) is 11.7. The average molecular weight is 275 g/mol. The molecule has 0 radical (unpaired) electrons. The minimum Gasteiger partial charge on any atom is -0.351 e. The molecule has 0 amide bonds. The van der Waals surface area contributed by atoms with Crippen LogP contribution in [0.25, 0.3) is 11.0 Å². The third-order valence-electron chi connectivity index (χ3n) is 3.94. The number of nitro groups is 1. The molecule has 2 aromatic rings. The van der Waals surface area contributed by atoms with Crippen LogP contribution in [0.15, 0.2) is 6.07 Å². The molecule has 3 heterocycles. The van der Waals surface area contributed by atoms with Crippen molar-refractivity contribution in [2.45, 2.75) is 26.2 Å². The second-order valence-electron chi connectivity index (χ2n) is 5.22. The molecule has 7 nitrogen and oxygen atoms in total. The van der Waals surface area contributed by atoms with Gasteiger partial charge < -0.3 is 4.90 Å². The highest BCUT2D eigenvalue weighted by molar-refractivity contribution is 5.84. The van der Waals surface area contributed by atoms with Gasteiger partial charge in [0, 0.05) is 37.3 Å². The van der Waals surface area contributed by atoms with E-state index in [4.69, 9.17) is 0 Å². The number of aryl methyl sites for hydroxylation is 2. The lowest BCUT2D eigenvalue weighted by molar-refractivity contribution is -0.384. The molecule has 0 unspecified atom stereocenters. The van der Waals surface area contributed by atoms with Crippen LogP contribution in [0.2, 0.25) is 0 Å². The van der Waals surface area contributed by atoms with Crippen LogP contribution in [-0.4, -0.2) is 32.8 Å². The van der Waals surface area contributed by atoms with Gasteiger partial charge in [0.15, 0.2) is 5.65 Å². The Balaban J connectivity index is 2.18. The highest BCUT2D eigenvalue weighted by Crippen LogP contribution is 2.32. The fourth-order valence-electron chi connectivity index (χ4n) is 2.69. The fraction of sp³-hybridized carbons (Fsp3) is 0.538. The second-order valence-corrected chi connectivity index (χ2v) is 5.22. The third kappa shape index (κ3) is 1.99. The van der Waals surface area contributed by atoms with E-state index in [0.717, 1.165) is 37.0 Å². The van der Waals surface area contributed by atoms with Gasteiger partial charge in [0.2, 0.25) is 5.82 Å². The molecule has 1 saturated heterocycles. The predicted molar refractivity (Wildman–Crippen MR) is 76.0 cm³/mol. The number of pyridine rings is 1. The summed E-state index contributed by atoms with van der Waals surface area (Å²) in [7, 11) is 1.82. The summed E-state index contributed by atoms with van der Waals surface area (Å²) in [6.45, 7) is 3.54. The van der Waals surface area contributed by atoms with E-state index in [1.54, 1.807) is 10.7 Å². The molecule has 0 N–H and O–H groups in total. The van der Waals surface area contributed by atoms with Crippen molar-refractivity contribution in [3.8, 4) is 0 Å². The molecule has 2 aromatic heterocycles. The van der Waals surface area contributed by atoms with E-state index in [0.29, 0.717) is 11.5 Å². The first-order chi connectivity index (χ1) is 9.58. The monoisotopic (exact) mass is 275 g/mol. The third-order valence-corrected chi connectivity index (χ3v) is 3.94. The molecule has 0 aromatic carbocycles. The van der Waals surface area contributed by atoms with Gasteiger partial charge >= 0.3 is 5.69 Å². The Morgan fingerprint density at radius 3 is 2.65 bits per heavy atom. The smallest absolute Gasteiger partial charge is 0.312 e. The van der Waals surface area contributed by atoms with Crippen LogP contribution >= 0.6 is 0 Å². The molecule has 0 bridgehead atoms. The Morgan fingerprint density at radius 1 is 1.30 bits per heavy atom. The first kappa shape index (κ1) is 12.8. The molecule has 0 spiro atoms. The normalized spacial score (nSPS) is 15.8. The molecule has 1 fully saturated rings. The molecule has 7 heteroatoms. The maximum atomic E-state index is 11.3. The summed E-state index contributed by atoms with van der Waals surface area (Å²) < 4.78 is 1.71. The minimum absolute atomic E-state index is 0.0792. The van der Waals surface area contributed by atoms with Gasteiger partial charge in [-0.05, 0) is 26.2 Å². The van der Waals surface area contributed by atoms with Crippen LogP contribution in [0.4, 0.5) is 11.5 Å². The average Bonchev–Trinajstić information content (AvgIpc) is 2.73. The highest BCUT2D eigenvalue weighted by atomic mass is 16.6. The molecular formula is C13H17N5O2.